The second kappa shape index (κ2) is 5.72. The van der Waals surface area contributed by atoms with E-state index in [0.717, 1.165) is 34.3 Å². The molecule has 2 aromatic heterocycles. The maximum absolute atomic E-state index is 12.2. The van der Waals surface area contributed by atoms with Gasteiger partial charge in [0.1, 0.15) is 12.0 Å². The number of benzene rings is 1. The molecule has 1 aliphatic heterocycles. The third kappa shape index (κ3) is 2.27. The zero-order valence-electron chi connectivity index (χ0n) is 16.6. The predicted molar refractivity (Wildman–Crippen MR) is 111 cm³/mol. The Bertz CT molecular complexity index is 1170. The highest BCUT2D eigenvalue weighted by Gasteiger charge is 2.57. The van der Waals surface area contributed by atoms with Gasteiger partial charge < -0.3 is 0 Å². The van der Waals surface area contributed by atoms with E-state index < -0.39 is 0 Å². The Morgan fingerprint density at radius 1 is 1.14 bits per heavy atom. The van der Waals surface area contributed by atoms with Gasteiger partial charge in [0, 0.05) is 18.7 Å². The van der Waals surface area contributed by atoms with Crippen molar-refractivity contribution in [1.29, 1.82) is 0 Å². The summed E-state index contributed by atoms with van der Waals surface area (Å²) in [6.45, 7) is 3.59. The summed E-state index contributed by atoms with van der Waals surface area (Å²) in [5.74, 6) is 0.894. The van der Waals surface area contributed by atoms with E-state index in [9.17, 15) is 4.79 Å². The molecule has 0 saturated heterocycles. The lowest BCUT2D eigenvalue weighted by molar-refractivity contribution is -0.0274. The van der Waals surface area contributed by atoms with Gasteiger partial charge in [0.2, 0.25) is 0 Å². The van der Waals surface area contributed by atoms with Gasteiger partial charge in [0.15, 0.2) is 5.78 Å². The van der Waals surface area contributed by atoms with Gasteiger partial charge in [0.05, 0.1) is 28.8 Å². The second-order valence-electron chi connectivity index (χ2n) is 8.76. The Hall–Kier alpha value is -3.08. The van der Waals surface area contributed by atoms with Gasteiger partial charge in [-0.3, -0.25) is 19.3 Å². The number of fused-ring (bicyclic) bond motifs is 3. The zero-order valence-corrected chi connectivity index (χ0v) is 16.6. The first-order valence-electron chi connectivity index (χ1n) is 10.3. The van der Waals surface area contributed by atoms with Gasteiger partial charge in [0.25, 0.3) is 0 Å². The first-order chi connectivity index (χ1) is 14.1. The number of ketones is 1. The second-order valence-corrected chi connectivity index (χ2v) is 8.76. The Labute approximate surface area is 169 Å². The molecule has 0 amide bonds. The number of carbonyl (C=O) groups excluding carboxylic acids is 1. The van der Waals surface area contributed by atoms with Crippen molar-refractivity contribution in [1.82, 2.24) is 14.5 Å². The summed E-state index contributed by atoms with van der Waals surface area (Å²) < 4.78 is 2.04. The summed E-state index contributed by atoms with van der Waals surface area (Å²) >= 11 is 0. The molecule has 4 aliphatic rings. The fourth-order valence-corrected chi connectivity index (χ4v) is 5.35. The highest BCUT2D eigenvalue weighted by molar-refractivity contribution is 6.14. The number of nitrogens with zero attached hydrogens (tertiary/aromatic N) is 4. The number of rotatable bonds is 3. The Kier molecular flexibility index (Phi) is 3.32. The van der Waals surface area contributed by atoms with Gasteiger partial charge in [-0.25, -0.2) is 4.98 Å². The van der Waals surface area contributed by atoms with Crippen LogP contribution in [0.4, 0.5) is 0 Å². The molecule has 29 heavy (non-hydrogen) atoms. The minimum atomic E-state index is -0.195. The van der Waals surface area contributed by atoms with E-state index in [0.29, 0.717) is 11.1 Å². The van der Waals surface area contributed by atoms with Crippen molar-refractivity contribution in [2.24, 2.45) is 10.9 Å². The average Bonchev–Trinajstić information content (AvgIpc) is 3.05. The molecule has 0 N–H and O–H groups in total. The fourth-order valence-electron chi connectivity index (χ4n) is 5.35. The molecular formula is C24H22N4O. The molecule has 3 aliphatic carbocycles. The molecule has 3 aromatic rings. The van der Waals surface area contributed by atoms with Crippen LogP contribution < -0.4 is 0 Å². The molecule has 5 nitrogen and oxygen atoms in total. The van der Waals surface area contributed by atoms with Crippen LogP contribution in [0.15, 0.2) is 53.9 Å². The van der Waals surface area contributed by atoms with Crippen molar-refractivity contribution in [3.05, 3.63) is 77.1 Å². The van der Waals surface area contributed by atoms with Gasteiger partial charge in [-0.05, 0) is 67.3 Å². The number of aromatic nitrogens is 3. The summed E-state index contributed by atoms with van der Waals surface area (Å²) in [6.07, 6.45) is 7.50. The van der Waals surface area contributed by atoms with Crippen molar-refractivity contribution in [2.45, 2.75) is 44.6 Å². The molecule has 0 radical (unpaired) electrons. The molecule has 1 aromatic carbocycles. The molecule has 3 heterocycles. The summed E-state index contributed by atoms with van der Waals surface area (Å²) in [4.78, 5) is 26.3. The maximum Gasteiger partial charge on any atom is 0.180 e. The van der Waals surface area contributed by atoms with Crippen LogP contribution in [0.5, 0.6) is 0 Å². The van der Waals surface area contributed by atoms with E-state index in [1.54, 1.807) is 19.4 Å². The van der Waals surface area contributed by atoms with E-state index in [-0.39, 0.29) is 11.8 Å². The minimum absolute atomic E-state index is 0.0332. The van der Waals surface area contributed by atoms with E-state index in [1.807, 2.05) is 29.7 Å². The molecule has 3 fully saturated rings. The van der Waals surface area contributed by atoms with Gasteiger partial charge >= 0.3 is 0 Å². The Balaban J connectivity index is 1.61. The molecule has 1 atom stereocenters. The van der Waals surface area contributed by atoms with Crippen molar-refractivity contribution in [3.8, 4) is 5.69 Å². The first kappa shape index (κ1) is 16.8. The van der Waals surface area contributed by atoms with Crippen molar-refractivity contribution < 1.29 is 4.79 Å². The number of aliphatic imine (C=N–C) groups is 1. The molecule has 144 valence electrons. The first-order valence-corrected chi connectivity index (χ1v) is 10.3. The standard InChI is InChI=1S/C24H22N4O/c1-14-23-21(15(2)29)26-13-28(23)20-7-6-17(24-10-16(11-24)12-24)9-18(20)22(27-14)19-5-3-4-8-25-19/h3-9,13-14,16H,10-12H2,1-2H3/t14-,16?,24?/m1/s1. The normalized spacial score (nSPS) is 26.3. The van der Waals surface area contributed by atoms with Crippen LogP contribution in [-0.2, 0) is 5.41 Å². The molecular weight excluding hydrogens is 360 g/mol. The van der Waals surface area contributed by atoms with E-state index >= 15 is 0 Å². The van der Waals surface area contributed by atoms with Gasteiger partial charge in [-0.1, -0.05) is 12.1 Å². The summed E-state index contributed by atoms with van der Waals surface area (Å²) in [7, 11) is 0. The molecule has 0 unspecified atom stereocenters. The van der Waals surface area contributed by atoms with Gasteiger partial charge in [-0.2, -0.15) is 0 Å². The minimum Gasteiger partial charge on any atom is -0.300 e. The highest BCUT2D eigenvalue weighted by Crippen LogP contribution is 2.65. The maximum atomic E-state index is 12.2. The SMILES string of the molecule is CC(=O)c1ncn2c1[C@@H](C)N=C(c1ccccn1)c1cc(C34CC(C3)C4)ccc1-2. The molecule has 2 bridgehead atoms. The number of carbonyl (C=O) groups is 1. The summed E-state index contributed by atoms with van der Waals surface area (Å²) in [6, 6.07) is 12.5. The van der Waals surface area contributed by atoms with E-state index in [4.69, 9.17) is 4.99 Å². The number of imidazole rings is 1. The van der Waals surface area contributed by atoms with Crippen LogP contribution in [0.1, 0.15) is 72.2 Å². The lowest BCUT2D eigenvalue weighted by Gasteiger charge is -2.62. The third-order valence-electron chi connectivity index (χ3n) is 6.93. The number of Topliss-reactive ketones (excluding diaryl/α,β-unsaturated/α-hetero) is 1. The topological polar surface area (TPSA) is 60.1 Å². The number of hydrogen-bond acceptors (Lipinski definition) is 4. The van der Waals surface area contributed by atoms with Crippen LogP contribution in [0, 0.1) is 5.92 Å². The zero-order chi connectivity index (χ0) is 19.8. The van der Waals surface area contributed by atoms with Crippen molar-refractivity contribution >= 4 is 11.5 Å². The molecule has 3 saturated carbocycles. The van der Waals surface area contributed by atoms with Crippen LogP contribution in [0.3, 0.4) is 0 Å². The van der Waals surface area contributed by atoms with Crippen LogP contribution in [-0.4, -0.2) is 26.0 Å². The van der Waals surface area contributed by atoms with E-state index in [2.05, 4.69) is 28.2 Å². The lowest BCUT2D eigenvalue weighted by atomic mass is 9.42. The van der Waals surface area contributed by atoms with Crippen LogP contribution >= 0.6 is 0 Å². The van der Waals surface area contributed by atoms with Crippen LogP contribution in [0.25, 0.3) is 5.69 Å². The average molecular weight is 382 g/mol. The smallest absolute Gasteiger partial charge is 0.180 e. The lowest BCUT2D eigenvalue weighted by Crippen LogP contribution is -2.55. The summed E-state index contributed by atoms with van der Waals surface area (Å²) in [5.41, 5.74) is 6.97. The molecule has 5 heteroatoms. The Morgan fingerprint density at radius 2 is 1.97 bits per heavy atom. The van der Waals surface area contributed by atoms with Crippen LogP contribution in [0.2, 0.25) is 0 Å². The highest BCUT2D eigenvalue weighted by atomic mass is 16.1. The fraction of sp³-hybridized carbons (Fsp3) is 0.333. The largest absolute Gasteiger partial charge is 0.300 e. The van der Waals surface area contributed by atoms with Crippen molar-refractivity contribution in [2.75, 3.05) is 0 Å². The quantitative estimate of drug-likeness (QED) is 0.630. The number of hydrogen-bond donors (Lipinski definition) is 0. The Morgan fingerprint density at radius 3 is 2.62 bits per heavy atom. The molecule has 7 rings (SSSR count). The van der Waals surface area contributed by atoms with Gasteiger partial charge in [-0.15, -0.1) is 0 Å². The molecule has 0 spiro atoms. The third-order valence-corrected chi connectivity index (χ3v) is 6.93. The van der Waals surface area contributed by atoms with Crippen molar-refractivity contribution in [3.63, 3.8) is 0 Å². The summed E-state index contributed by atoms with van der Waals surface area (Å²) in [5, 5.41) is 0. The van der Waals surface area contributed by atoms with E-state index in [1.165, 1.54) is 24.8 Å². The number of pyridine rings is 1. The monoisotopic (exact) mass is 382 g/mol. The predicted octanol–water partition coefficient (Wildman–Crippen LogP) is 4.43.